The molecular weight excluding hydrogens is 251 g/mol. The first-order valence-corrected chi connectivity index (χ1v) is 7.86. The molecular formula is C15H25BN2S. The summed E-state index contributed by atoms with van der Waals surface area (Å²) >= 11 is 2.00. The summed E-state index contributed by atoms with van der Waals surface area (Å²) in [5.74, 6) is 0.707. The molecule has 1 aromatic heterocycles. The second-order valence-electron chi connectivity index (χ2n) is 7.18. The molecule has 0 aliphatic carbocycles. The van der Waals surface area contributed by atoms with Crippen molar-refractivity contribution in [3.05, 3.63) is 24.0 Å². The molecule has 2 rings (SSSR count). The average Bonchev–Trinajstić information content (AvgIpc) is 2.27. The van der Waals surface area contributed by atoms with Crippen LogP contribution in [-0.2, 0) is 6.54 Å². The molecule has 19 heavy (non-hydrogen) atoms. The standard InChI is InChI=1S/C15H25BN2S/c1-14(2)11-16(15(14,3)4)19-13-7-12(8-17-9-13)10-18(5)6/h7-9H,10-11H2,1-6H3. The minimum atomic E-state index is 0.398. The lowest BCUT2D eigenvalue weighted by Gasteiger charge is -2.56. The predicted molar refractivity (Wildman–Crippen MR) is 85.9 cm³/mol. The van der Waals surface area contributed by atoms with Crippen molar-refractivity contribution < 1.29 is 0 Å². The van der Waals surface area contributed by atoms with Crippen molar-refractivity contribution in [2.75, 3.05) is 14.1 Å². The first kappa shape index (κ1) is 14.9. The molecule has 0 N–H and O–H groups in total. The molecule has 0 unspecified atom stereocenters. The smallest absolute Gasteiger partial charge is 0.222 e. The number of nitrogens with zero attached hydrogens (tertiary/aromatic N) is 2. The number of hydrogen-bond donors (Lipinski definition) is 0. The summed E-state index contributed by atoms with van der Waals surface area (Å²) in [7, 11) is 4.19. The third-order valence-corrected chi connectivity index (χ3v) is 6.33. The van der Waals surface area contributed by atoms with Crippen LogP contribution in [0.4, 0.5) is 0 Å². The molecule has 0 radical (unpaired) electrons. The maximum Gasteiger partial charge on any atom is 0.222 e. The van der Waals surface area contributed by atoms with Gasteiger partial charge in [0.05, 0.1) is 0 Å². The average molecular weight is 276 g/mol. The molecule has 0 saturated carbocycles. The van der Waals surface area contributed by atoms with E-state index in [1.165, 1.54) is 16.8 Å². The highest BCUT2D eigenvalue weighted by atomic mass is 32.2. The van der Waals surface area contributed by atoms with Crippen molar-refractivity contribution in [3.8, 4) is 0 Å². The monoisotopic (exact) mass is 276 g/mol. The van der Waals surface area contributed by atoms with E-state index in [-0.39, 0.29) is 0 Å². The Morgan fingerprint density at radius 2 is 1.95 bits per heavy atom. The maximum absolute atomic E-state index is 4.39. The van der Waals surface area contributed by atoms with Crippen LogP contribution in [0.2, 0.25) is 11.6 Å². The van der Waals surface area contributed by atoms with E-state index in [0.29, 0.717) is 16.7 Å². The van der Waals surface area contributed by atoms with E-state index in [9.17, 15) is 0 Å². The van der Waals surface area contributed by atoms with Crippen LogP contribution in [0.1, 0.15) is 33.3 Å². The molecule has 0 bridgehead atoms. The number of pyridine rings is 1. The summed E-state index contributed by atoms with van der Waals surface area (Å²) in [6, 6.07) is 2.29. The fraction of sp³-hybridized carbons (Fsp3) is 0.667. The Bertz CT molecular complexity index is 457. The van der Waals surface area contributed by atoms with Gasteiger partial charge in [-0.1, -0.05) is 34.0 Å². The Hall–Kier alpha value is -0.475. The summed E-state index contributed by atoms with van der Waals surface area (Å²) in [6.07, 6.45) is 5.27. The van der Waals surface area contributed by atoms with Gasteiger partial charge in [-0.3, -0.25) is 4.98 Å². The summed E-state index contributed by atoms with van der Waals surface area (Å²) in [6.45, 7) is 10.5. The molecule has 4 heteroatoms. The highest BCUT2D eigenvalue weighted by molar-refractivity contribution is 8.26. The Balaban J connectivity index is 2.05. The van der Waals surface area contributed by atoms with E-state index in [2.05, 4.69) is 57.7 Å². The van der Waals surface area contributed by atoms with Crippen molar-refractivity contribution in [1.82, 2.24) is 9.88 Å². The third kappa shape index (κ3) is 3.00. The van der Waals surface area contributed by atoms with Crippen LogP contribution in [0.5, 0.6) is 0 Å². The molecule has 2 heterocycles. The maximum atomic E-state index is 4.39. The largest absolute Gasteiger partial charge is 0.305 e. The van der Waals surface area contributed by atoms with Crippen molar-refractivity contribution in [2.24, 2.45) is 5.41 Å². The number of rotatable bonds is 4. The van der Waals surface area contributed by atoms with Gasteiger partial charge in [0, 0.05) is 23.8 Å². The minimum Gasteiger partial charge on any atom is -0.305 e. The Labute approximate surface area is 122 Å². The van der Waals surface area contributed by atoms with Gasteiger partial charge in [0.1, 0.15) is 0 Å². The van der Waals surface area contributed by atoms with E-state index in [1.54, 1.807) is 0 Å². The number of hydrogen-bond acceptors (Lipinski definition) is 3. The van der Waals surface area contributed by atoms with E-state index in [4.69, 9.17) is 0 Å². The van der Waals surface area contributed by atoms with E-state index in [0.717, 1.165) is 6.54 Å². The van der Waals surface area contributed by atoms with Crippen LogP contribution >= 0.6 is 11.6 Å². The van der Waals surface area contributed by atoms with Gasteiger partial charge in [-0.2, -0.15) is 11.6 Å². The van der Waals surface area contributed by atoms with Crippen LogP contribution in [-0.4, -0.2) is 30.0 Å². The summed E-state index contributed by atoms with van der Waals surface area (Å²) in [5.41, 5.74) is 1.76. The Kier molecular flexibility index (Phi) is 4.03. The van der Waals surface area contributed by atoms with Crippen molar-refractivity contribution in [2.45, 2.75) is 50.8 Å². The highest BCUT2D eigenvalue weighted by Crippen LogP contribution is 2.65. The summed E-state index contributed by atoms with van der Waals surface area (Å²) in [4.78, 5) is 7.88. The molecule has 1 aliphatic rings. The normalized spacial score (nSPS) is 20.5. The fourth-order valence-electron chi connectivity index (χ4n) is 2.62. The summed E-state index contributed by atoms with van der Waals surface area (Å²) < 4.78 is 0. The van der Waals surface area contributed by atoms with Gasteiger partial charge < -0.3 is 4.90 Å². The second-order valence-corrected chi connectivity index (χ2v) is 8.46. The lowest BCUT2D eigenvalue weighted by atomic mass is 9.27. The molecule has 0 aromatic carbocycles. The zero-order valence-electron chi connectivity index (χ0n) is 13.0. The van der Waals surface area contributed by atoms with Crippen molar-refractivity contribution >= 4 is 17.6 Å². The van der Waals surface area contributed by atoms with Crippen LogP contribution in [0.15, 0.2) is 23.4 Å². The van der Waals surface area contributed by atoms with Crippen LogP contribution in [0.3, 0.4) is 0 Å². The predicted octanol–water partition coefficient (Wildman–Crippen LogP) is 4.05. The third-order valence-electron chi connectivity index (χ3n) is 4.79. The van der Waals surface area contributed by atoms with Crippen LogP contribution in [0.25, 0.3) is 0 Å². The Morgan fingerprint density at radius 3 is 2.47 bits per heavy atom. The van der Waals surface area contributed by atoms with Gasteiger partial charge in [0.2, 0.25) is 5.99 Å². The first-order chi connectivity index (χ1) is 8.72. The molecule has 0 spiro atoms. The second kappa shape index (κ2) is 5.14. The van der Waals surface area contributed by atoms with Gasteiger partial charge in [-0.05, 0) is 36.5 Å². The van der Waals surface area contributed by atoms with Crippen molar-refractivity contribution in [3.63, 3.8) is 0 Å². The van der Waals surface area contributed by atoms with Gasteiger partial charge >= 0.3 is 0 Å². The van der Waals surface area contributed by atoms with Gasteiger partial charge in [0.15, 0.2) is 0 Å². The summed E-state index contributed by atoms with van der Waals surface area (Å²) in [5, 5.41) is 0.398. The minimum absolute atomic E-state index is 0.398. The quantitative estimate of drug-likeness (QED) is 0.772. The first-order valence-electron chi connectivity index (χ1n) is 6.98. The topological polar surface area (TPSA) is 16.1 Å². The van der Waals surface area contributed by atoms with Crippen LogP contribution in [0, 0.1) is 5.41 Å². The molecule has 0 atom stereocenters. The van der Waals surface area contributed by atoms with E-state index >= 15 is 0 Å². The molecule has 1 fully saturated rings. The van der Waals surface area contributed by atoms with Gasteiger partial charge in [0.25, 0.3) is 0 Å². The fourth-order valence-corrected chi connectivity index (χ4v) is 4.40. The zero-order valence-corrected chi connectivity index (χ0v) is 13.8. The SMILES string of the molecule is CN(C)Cc1cncc(SB2CC(C)(C)C2(C)C)c1. The van der Waals surface area contributed by atoms with E-state index < -0.39 is 0 Å². The molecule has 2 nitrogen and oxygen atoms in total. The van der Waals surface area contributed by atoms with E-state index in [1.807, 2.05) is 24.0 Å². The molecule has 1 aliphatic heterocycles. The zero-order chi connectivity index (χ0) is 14.3. The number of aromatic nitrogens is 1. The molecule has 1 saturated heterocycles. The Morgan fingerprint density at radius 1 is 1.26 bits per heavy atom. The van der Waals surface area contributed by atoms with Gasteiger partial charge in [-0.15, -0.1) is 0 Å². The molecule has 0 amide bonds. The highest BCUT2D eigenvalue weighted by Gasteiger charge is 2.56. The molecule has 1 aromatic rings. The van der Waals surface area contributed by atoms with Gasteiger partial charge in [-0.25, -0.2) is 0 Å². The van der Waals surface area contributed by atoms with Crippen molar-refractivity contribution in [1.29, 1.82) is 0 Å². The lowest BCUT2D eigenvalue weighted by Crippen LogP contribution is -2.50. The lowest BCUT2D eigenvalue weighted by molar-refractivity contribution is 0.246. The van der Waals surface area contributed by atoms with Crippen LogP contribution < -0.4 is 0 Å². The molecule has 104 valence electrons.